The summed E-state index contributed by atoms with van der Waals surface area (Å²) in [6, 6.07) is 9.14. The van der Waals surface area contributed by atoms with Crippen molar-refractivity contribution in [1.29, 1.82) is 0 Å². The number of aromatic nitrogens is 2. The predicted octanol–water partition coefficient (Wildman–Crippen LogP) is 5.21. The monoisotopic (exact) mass is 492 g/mol. The molecule has 0 aliphatic carbocycles. The molecule has 11 heteroatoms. The van der Waals surface area contributed by atoms with Gasteiger partial charge in [0, 0.05) is 32.3 Å². The second kappa shape index (κ2) is 9.39. The fraction of sp³-hybridized carbons (Fsp3) is 0.391. The number of nitrogens with one attached hydrogen (secondary N) is 1. The van der Waals surface area contributed by atoms with Crippen LogP contribution in [0.4, 0.5) is 18.9 Å². The molecule has 1 aromatic carbocycles. The third kappa shape index (κ3) is 5.77. The molecule has 1 aliphatic heterocycles. The number of rotatable bonds is 8. The number of halogens is 3. The van der Waals surface area contributed by atoms with Gasteiger partial charge in [-0.15, -0.1) is 0 Å². The highest BCUT2D eigenvalue weighted by atomic mass is 28.3. The molecule has 34 heavy (non-hydrogen) atoms. The lowest BCUT2D eigenvalue weighted by atomic mass is 10.1. The van der Waals surface area contributed by atoms with Crippen LogP contribution in [0.25, 0.3) is 10.9 Å². The number of anilines is 1. The van der Waals surface area contributed by atoms with Crippen LogP contribution in [0.5, 0.6) is 11.5 Å². The zero-order valence-corrected chi connectivity index (χ0v) is 20.3. The molecule has 0 saturated heterocycles. The van der Waals surface area contributed by atoms with Gasteiger partial charge in [-0.25, -0.2) is 0 Å². The van der Waals surface area contributed by atoms with Gasteiger partial charge in [-0.2, -0.15) is 18.2 Å². The summed E-state index contributed by atoms with van der Waals surface area (Å²) < 4.78 is 52.4. The second-order valence-corrected chi connectivity index (χ2v) is 15.1. The molecular weight excluding hydrogens is 465 g/mol. The Bertz CT molecular complexity index is 1230. The van der Waals surface area contributed by atoms with E-state index in [1.54, 1.807) is 35.5 Å². The lowest BCUT2D eigenvalue weighted by Gasteiger charge is -2.19. The number of benzene rings is 1. The first-order chi connectivity index (χ1) is 16.0. The van der Waals surface area contributed by atoms with Crippen LogP contribution in [0, 0.1) is 0 Å². The molecule has 1 aliphatic rings. The van der Waals surface area contributed by atoms with E-state index >= 15 is 0 Å². The summed E-state index contributed by atoms with van der Waals surface area (Å²) in [7, 11) is -1.25. The summed E-state index contributed by atoms with van der Waals surface area (Å²) >= 11 is 0. The predicted molar refractivity (Wildman–Crippen MR) is 127 cm³/mol. The maximum Gasteiger partial charge on any atom is 0.406 e. The SMILES string of the molecule is C[Si](C)(C)CCOCN1Cc2c(c3ccc(Oc4cccnc4)cc3n(CC(F)(F)F)c2=O)N1. The number of pyridine rings is 2. The maximum absolute atomic E-state index is 13.4. The molecule has 0 saturated carbocycles. The summed E-state index contributed by atoms with van der Waals surface area (Å²) in [6.45, 7) is 6.34. The molecule has 0 unspecified atom stereocenters. The molecule has 2 aromatic heterocycles. The van der Waals surface area contributed by atoms with Gasteiger partial charge in [-0.05, 0) is 30.3 Å². The van der Waals surface area contributed by atoms with Crippen LogP contribution in [-0.4, -0.2) is 42.1 Å². The summed E-state index contributed by atoms with van der Waals surface area (Å²) in [4.78, 5) is 17.1. The zero-order valence-electron chi connectivity index (χ0n) is 19.3. The van der Waals surface area contributed by atoms with Crippen LogP contribution in [0.1, 0.15) is 5.56 Å². The molecule has 182 valence electrons. The molecule has 0 spiro atoms. The highest BCUT2D eigenvalue weighted by Gasteiger charge is 2.33. The minimum Gasteiger partial charge on any atom is -0.456 e. The highest BCUT2D eigenvalue weighted by Crippen LogP contribution is 2.35. The Morgan fingerprint density at radius 3 is 2.65 bits per heavy atom. The third-order valence-corrected chi connectivity index (χ3v) is 7.11. The molecule has 3 aromatic rings. The number of hydrogen-bond donors (Lipinski definition) is 1. The minimum atomic E-state index is -4.56. The van der Waals surface area contributed by atoms with Gasteiger partial charge in [0.2, 0.25) is 0 Å². The molecule has 0 bridgehead atoms. The average molecular weight is 493 g/mol. The van der Waals surface area contributed by atoms with E-state index in [2.05, 4.69) is 30.1 Å². The van der Waals surface area contributed by atoms with Gasteiger partial charge in [0.25, 0.3) is 5.56 Å². The van der Waals surface area contributed by atoms with E-state index in [0.29, 0.717) is 29.2 Å². The van der Waals surface area contributed by atoms with E-state index in [1.807, 2.05) is 0 Å². The van der Waals surface area contributed by atoms with Crippen LogP contribution in [0.15, 0.2) is 47.5 Å². The smallest absolute Gasteiger partial charge is 0.406 e. The lowest BCUT2D eigenvalue weighted by Crippen LogP contribution is -2.31. The van der Waals surface area contributed by atoms with Crippen LogP contribution < -0.4 is 15.7 Å². The molecule has 0 amide bonds. The summed E-state index contributed by atoms with van der Waals surface area (Å²) in [5.74, 6) is 0.743. The van der Waals surface area contributed by atoms with Crippen LogP contribution in [-0.2, 0) is 17.8 Å². The minimum absolute atomic E-state index is 0.136. The van der Waals surface area contributed by atoms with E-state index in [9.17, 15) is 18.0 Å². The van der Waals surface area contributed by atoms with E-state index in [4.69, 9.17) is 9.47 Å². The number of hydrazine groups is 1. The van der Waals surface area contributed by atoms with E-state index < -0.39 is 26.4 Å². The normalized spacial score (nSPS) is 14.3. The maximum atomic E-state index is 13.4. The van der Waals surface area contributed by atoms with E-state index in [0.717, 1.165) is 10.6 Å². The van der Waals surface area contributed by atoms with Crippen molar-refractivity contribution in [2.45, 2.75) is 45.0 Å². The van der Waals surface area contributed by atoms with Gasteiger partial charge in [-0.3, -0.25) is 14.3 Å². The molecule has 4 rings (SSSR count). The fourth-order valence-electron chi connectivity index (χ4n) is 3.73. The van der Waals surface area contributed by atoms with Crippen molar-refractivity contribution in [3.05, 3.63) is 58.6 Å². The first-order valence-electron chi connectivity index (χ1n) is 10.9. The van der Waals surface area contributed by atoms with Crippen molar-refractivity contribution >= 4 is 24.7 Å². The van der Waals surface area contributed by atoms with Crippen LogP contribution in [0.2, 0.25) is 25.7 Å². The largest absolute Gasteiger partial charge is 0.456 e. The summed E-state index contributed by atoms with van der Waals surface area (Å²) in [6.07, 6.45) is -1.47. The van der Waals surface area contributed by atoms with Crippen molar-refractivity contribution in [1.82, 2.24) is 14.6 Å². The Morgan fingerprint density at radius 1 is 1.18 bits per heavy atom. The van der Waals surface area contributed by atoms with Gasteiger partial charge in [0.05, 0.1) is 29.5 Å². The highest BCUT2D eigenvalue weighted by molar-refractivity contribution is 6.76. The third-order valence-electron chi connectivity index (χ3n) is 5.40. The Hall–Kier alpha value is -2.89. The molecule has 7 nitrogen and oxygen atoms in total. The van der Waals surface area contributed by atoms with Crippen molar-refractivity contribution in [3.63, 3.8) is 0 Å². The van der Waals surface area contributed by atoms with Crippen molar-refractivity contribution in [3.8, 4) is 11.5 Å². The quantitative estimate of drug-likeness (QED) is 0.344. The number of nitrogens with zero attached hydrogens (tertiary/aromatic N) is 3. The number of hydrogen-bond acceptors (Lipinski definition) is 6. The fourth-order valence-corrected chi connectivity index (χ4v) is 4.48. The zero-order chi connectivity index (χ0) is 24.5. The number of fused-ring (bicyclic) bond motifs is 3. The van der Waals surface area contributed by atoms with Crippen molar-refractivity contribution in [2.24, 2.45) is 0 Å². The number of ether oxygens (including phenoxy) is 2. The van der Waals surface area contributed by atoms with Crippen LogP contribution in [0.3, 0.4) is 0 Å². The van der Waals surface area contributed by atoms with Crippen molar-refractivity contribution < 1.29 is 22.6 Å². The lowest BCUT2D eigenvalue weighted by molar-refractivity contribution is -0.140. The molecule has 0 fully saturated rings. The molecule has 0 radical (unpaired) electrons. The standard InChI is InChI=1S/C23H27F3N4O3Si/c1-34(2,3)10-9-32-15-29-13-19-21(28-29)18-7-6-16(33-17-5-4-8-27-12-17)11-20(18)30(22(19)31)14-23(24,25)26/h4-8,11-12,28H,9-10,13-15H2,1-3H3. The van der Waals surface area contributed by atoms with Gasteiger partial charge in [0.1, 0.15) is 24.8 Å². The first-order valence-corrected chi connectivity index (χ1v) is 14.6. The molecular formula is C23H27F3N4O3Si. The first kappa shape index (κ1) is 24.2. The van der Waals surface area contributed by atoms with E-state index in [1.165, 1.54) is 12.3 Å². The van der Waals surface area contributed by atoms with Crippen LogP contribution >= 0.6 is 0 Å². The Balaban J connectivity index is 1.66. The summed E-state index contributed by atoms with van der Waals surface area (Å²) in [5, 5.41) is 2.20. The van der Waals surface area contributed by atoms with Gasteiger partial charge in [-0.1, -0.05) is 19.6 Å². The molecule has 1 N–H and O–H groups in total. The van der Waals surface area contributed by atoms with Gasteiger partial charge in [0.15, 0.2) is 0 Å². The summed E-state index contributed by atoms with van der Waals surface area (Å²) in [5.41, 5.74) is 3.38. The Morgan fingerprint density at radius 2 is 1.97 bits per heavy atom. The van der Waals surface area contributed by atoms with E-state index in [-0.39, 0.29) is 24.4 Å². The average Bonchev–Trinajstić information content (AvgIpc) is 3.18. The Kier molecular flexibility index (Phi) is 6.70. The van der Waals surface area contributed by atoms with Crippen molar-refractivity contribution in [2.75, 3.05) is 18.8 Å². The number of alkyl halides is 3. The molecule has 3 heterocycles. The topological polar surface area (TPSA) is 68.6 Å². The second-order valence-electron chi connectivity index (χ2n) is 9.49. The Labute approximate surface area is 196 Å². The van der Waals surface area contributed by atoms with Gasteiger partial charge >= 0.3 is 6.18 Å². The molecule has 0 atom stereocenters. The van der Waals surface area contributed by atoms with Gasteiger partial charge < -0.3 is 14.9 Å².